The lowest BCUT2D eigenvalue weighted by molar-refractivity contribution is -0.692. The van der Waals surface area contributed by atoms with Gasteiger partial charge in [0.15, 0.2) is 12.3 Å². The van der Waals surface area contributed by atoms with E-state index in [0.29, 0.717) is 5.92 Å². The normalized spacial score (nSPS) is 12.0. The smallest absolute Gasteiger partial charge is 0.344 e. The van der Waals surface area contributed by atoms with Gasteiger partial charge in [0.25, 0.3) is 5.91 Å². The van der Waals surface area contributed by atoms with Crippen molar-refractivity contribution in [2.75, 3.05) is 18.5 Å². The van der Waals surface area contributed by atoms with Crippen molar-refractivity contribution in [3.05, 3.63) is 52.3 Å². The van der Waals surface area contributed by atoms with Gasteiger partial charge in [-0.1, -0.05) is 45.0 Å². The van der Waals surface area contributed by atoms with Crippen molar-refractivity contribution < 1.29 is 28.9 Å². The van der Waals surface area contributed by atoms with Gasteiger partial charge in [0.05, 0.1) is 12.2 Å². The molecule has 0 radical (unpaired) electrons. The second-order valence-corrected chi connectivity index (χ2v) is 7.87. The van der Waals surface area contributed by atoms with Crippen molar-refractivity contribution in [2.24, 2.45) is 5.92 Å². The number of amides is 1. The number of rotatable bonds is 10. The summed E-state index contributed by atoms with van der Waals surface area (Å²) in [5, 5.41) is 4.60. The third kappa shape index (κ3) is 6.04. The quantitative estimate of drug-likeness (QED) is 0.445. The number of aryl methyl sites for hydroxylation is 2. The van der Waals surface area contributed by atoms with E-state index in [1.54, 1.807) is 13.8 Å². The van der Waals surface area contributed by atoms with Crippen molar-refractivity contribution in [2.45, 2.75) is 54.0 Å². The molecular weight excluding hydrogens is 396 g/mol. The Morgan fingerprint density at radius 2 is 1.74 bits per heavy atom. The molecule has 1 atom stereocenters. The number of hydrogen-bond donors (Lipinski definition) is 2. The molecule has 0 spiro atoms. The number of carbonyl (C=O) groups excluding carboxylic acids is 3. The van der Waals surface area contributed by atoms with Gasteiger partial charge in [-0.25, -0.2) is 4.79 Å². The van der Waals surface area contributed by atoms with Crippen LogP contribution in [0, 0.1) is 12.8 Å². The molecule has 0 unspecified atom stereocenters. The van der Waals surface area contributed by atoms with Crippen LogP contribution in [-0.4, -0.2) is 30.8 Å². The van der Waals surface area contributed by atoms with Gasteiger partial charge in [-0.05, 0) is 32.8 Å². The second kappa shape index (κ2) is 10.9. The lowest BCUT2D eigenvalue weighted by Gasteiger charge is -2.19. The maximum absolute atomic E-state index is 12.7. The standard InChI is InChI=1S/C24H32N2O5/c1-7-17-9-11-18(12-10-17)22(14(3)4)25-13-19(28)26-23-21(24(29)30-8-2)20(15(5)27)16(6)31-23/h9-12,14,22,25H,7-8,13H2,1-6H3,(H,26,28)/p+1/t22-/m1/s1. The molecule has 0 saturated carbocycles. The van der Waals surface area contributed by atoms with Gasteiger partial charge in [0.2, 0.25) is 5.88 Å². The summed E-state index contributed by atoms with van der Waals surface area (Å²) in [6.07, 6.45) is 0.979. The number of carbonyl (C=O) groups is 3. The Kier molecular flexibility index (Phi) is 8.56. The van der Waals surface area contributed by atoms with Gasteiger partial charge in [0, 0.05) is 11.5 Å². The highest BCUT2D eigenvalue weighted by atomic mass is 16.5. The summed E-state index contributed by atoms with van der Waals surface area (Å²) in [5.41, 5.74) is 2.52. The molecular formula is C24H33N2O5+. The van der Waals surface area contributed by atoms with Gasteiger partial charge < -0.3 is 14.5 Å². The molecule has 0 aliphatic carbocycles. The molecule has 7 nitrogen and oxygen atoms in total. The fraction of sp³-hybridized carbons (Fsp3) is 0.458. The summed E-state index contributed by atoms with van der Waals surface area (Å²) in [7, 11) is 0. The number of anilines is 1. The lowest BCUT2D eigenvalue weighted by atomic mass is 9.95. The summed E-state index contributed by atoms with van der Waals surface area (Å²) in [6, 6.07) is 8.53. The average Bonchev–Trinajstić information content (AvgIpc) is 3.04. The van der Waals surface area contributed by atoms with Crippen molar-refractivity contribution in [3.8, 4) is 0 Å². The third-order valence-corrected chi connectivity index (χ3v) is 5.22. The van der Waals surface area contributed by atoms with Crippen molar-refractivity contribution in [1.82, 2.24) is 0 Å². The van der Waals surface area contributed by atoms with Gasteiger partial charge in [-0.3, -0.25) is 14.9 Å². The van der Waals surface area contributed by atoms with Crippen LogP contribution in [0.1, 0.15) is 78.3 Å². The fourth-order valence-corrected chi connectivity index (χ4v) is 3.64. The lowest BCUT2D eigenvalue weighted by Crippen LogP contribution is -2.88. The van der Waals surface area contributed by atoms with E-state index >= 15 is 0 Å². The Morgan fingerprint density at radius 3 is 2.26 bits per heavy atom. The third-order valence-electron chi connectivity index (χ3n) is 5.22. The molecule has 3 N–H and O–H groups in total. The Morgan fingerprint density at radius 1 is 1.10 bits per heavy atom. The molecule has 2 rings (SSSR count). The number of benzene rings is 1. The molecule has 1 aromatic carbocycles. The van der Waals surface area contributed by atoms with E-state index in [9.17, 15) is 14.4 Å². The highest BCUT2D eigenvalue weighted by Crippen LogP contribution is 2.28. The molecule has 168 valence electrons. The number of esters is 1. The second-order valence-electron chi connectivity index (χ2n) is 7.87. The first kappa shape index (κ1) is 24.3. The van der Waals surface area contributed by atoms with Crippen molar-refractivity contribution >= 4 is 23.5 Å². The van der Waals surface area contributed by atoms with Crippen LogP contribution in [0.4, 0.5) is 5.88 Å². The van der Waals surface area contributed by atoms with E-state index in [-0.39, 0.29) is 53.7 Å². The first-order valence-electron chi connectivity index (χ1n) is 10.7. The number of ether oxygens (including phenoxy) is 1. The van der Waals surface area contributed by atoms with Gasteiger partial charge in [-0.15, -0.1) is 0 Å². The number of nitrogens with one attached hydrogen (secondary N) is 1. The van der Waals surface area contributed by atoms with E-state index in [1.165, 1.54) is 12.5 Å². The molecule has 0 bridgehead atoms. The SMILES string of the molecule is CCOC(=O)c1c(NC(=O)C[NH2+][C@@H](c2ccc(CC)cc2)C(C)C)oc(C)c1C(C)=O. The van der Waals surface area contributed by atoms with Crippen LogP contribution in [0.2, 0.25) is 0 Å². The molecule has 0 fully saturated rings. The van der Waals surface area contributed by atoms with E-state index in [1.807, 2.05) is 5.32 Å². The number of quaternary nitrogens is 1. The summed E-state index contributed by atoms with van der Waals surface area (Å²) >= 11 is 0. The van der Waals surface area contributed by atoms with Crippen LogP contribution in [-0.2, 0) is 16.0 Å². The predicted octanol–water partition coefficient (Wildman–Crippen LogP) is 3.43. The van der Waals surface area contributed by atoms with E-state index in [4.69, 9.17) is 9.15 Å². The van der Waals surface area contributed by atoms with Crippen molar-refractivity contribution in [1.29, 1.82) is 0 Å². The topological polar surface area (TPSA) is 102 Å². The van der Waals surface area contributed by atoms with E-state index in [2.05, 4.69) is 50.4 Å². The zero-order chi connectivity index (χ0) is 23.1. The average molecular weight is 430 g/mol. The zero-order valence-electron chi connectivity index (χ0n) is 19.2. The van der Waals surface area contributed by atoms with Crippen LogP contribution in [0.3, 0.4) is 0 Å². The zero-order valence-corrected chi connectivity index (χ0v) is 19.2. The van der Waals surface area contributed by atoms with Gasteiger partial charge in [-0.2, -0.15) is 0 Å². The summed E-state index contributed by atoms with van der Waals surface area (Å²) in [6.45, 7) is 11.2. The van der Waals surface area contributed by atoms with Crippen LogP contribution in [0.5, 0.6) is 0 Å². The largest absolute Gasteiger partial charge is 0.462 e. The maximum Gasteiger partial charge on any atom is 0.344 e. The highest BCUT2D eigenvalue weighted by Gasteiger charge is 2.29. The molecule has 1 aromatic heterocycles. The first-order chi connectivity index (χ1) is 14.7. The van der Waals surface area contributed by atoms with Crippen LogP contribution in [0.15, 0.2) is 28.7 Å². The van der Waals surface area contributed by atoms with Gasteiger partial charge >= 0.3 is 5.97 Å². The summed E-state index contributed by atoms with van der Waals surface area (Å²) in [5.74, 6) is -0.818. The van der Waals surface area contributed by atoms with E-state index < -0.39 is 5.97 Å². The predicted molar refractivity (Wildman–Crippen MR) is 118 cm³/mol. The molecule has 0 saturated heterocycles. The molecule has 0 aliphatic rings. The monoisotopic (exact) mass is 429 g/mol. The minimum Gasteiger partial charge on any atom is -0.462 e. The summed E-state index contributed by atoms with van der Waals surface area (Å²) < 4.78 is 10.6. The highest BCUT2D eigenvalue weighted by molar-refractivity contribution is 6.10. The minimum absolute atomic E-state index is 0.0317. The van der Waals surface area contributed by atoms with Gasteiger partial charge in [0.1, 0.15) is 17.4 Å². The van der Waals surface area contributed by atoms with Crippen molar-refractivity contribution in [3.63, 3.8) is 0 Å². The van der Waals surface area contributed by atoms with Crippen LogP contribution < -0.4 is 10.6 Å². The number of Topliss-reactive ketones (excluding diaryl/α,β-unsaturated/α-hetero) is 1. The molecule has 0 aliphatic heterocycles. The molecule has 1 amide bonds. The Labute approximate surface area is 183 Å². The fourth-order valence-electron chi connectivity index (χ4n) is 3.64. The maximum atomic E-state index is 12.7. The van der Waals surface area contributed by atoms with E-state index in [0.717, 1.165) is 12.0 Å². The molecule has 7 heteroatoms. The Bertz CT molecular complexity index is 928. The summed E-state index contributed by atoms with van der Waals surface area (Å²) in [4.78, 5) is 37.0. The molecule has 31 heavy (non-hydrogen) atoms. The van der Waals surface area contributed by atoms with Crippen LogP contribution >= 0.6 is 0 Å². The first-order valence-corrected chi connectivity index (χ1v) is 10.7. The Balaban J connectivity index is 2.16. The Hall–Kier alpha value is -2.93. The van der Waals surface area contributed by atoms with Crippen LogP contribution in [0.25, 0.3) is 0 Å². The minimum atomic E-state index is -0.695. The number of hydrogen-bond acceptors (Lipinski definition) is 5. The number of nitrogens with two attached hydrogens (primary N) is 1. The molecule has 2 aromatic rings. The number of ketones is 1. The molecule has 1 heterocycles. The number of furan rings is 1.